The van der Waals surface area contributed by atoms with Crippen LogP contribution in [-0.4, -0.2) is 35.7 Å². The second-order valence-corrected chi connectivity index (χ2v) is 7.14. The first-order valence-electron chi connectivity index (χ1n) is 9.53. The second-order valence-electron chi connectivity index (χ2n) is 7.14. The minimum absolute atomic E-state index is 0.164. The number of rotatable bonds is 4. The van der Waals surface area contributed by atoms with E-state index < -0.39 is 11.8 Å². The van der Waals surface area contributed by atoms with Crippen molar-refractivity contribution in [3.8, 4) is 0 Å². The molecule has 1 aliphatic rings. The van der Waals surface area contributed by atoms with Gasteiger partial charge < -0.3 is 15.5 Å². The van der Waals surface area contributed by atoms with E-state index in [4.69, 9.17) is 0 Å². The molecule has 1 fully saturated rings. The van der Waals surface area contributed by atoms with Crippen molar-refractivity contribution in [2.24, 2.45) is 5.92 Å². The van der Waals surface area contributed by atoms with Crippen LogP contribution in [0.2, 0.25) is 0 Å². The lowest BCUT2D eigenvalue weighted by Crippen LogP contribution is -2.44. The quantitative estimate of drug-likeness (QED) is 0.802. The van der Waals surface area contributed by atoms with Gasteiger partial charge in [-0.15, -0.1) is 0 Å². The van der Waals surface area contributed by atoms with E-state index in [1.54, 1.807) is 29.2 Å². The highest BCUT2D eigenvalue weighted by Gasteiger charge is 2.27. The molecule has 1 heterocycles. The van der Waals surface area contributed by atoms with Gasteiger partial charge in [0.05, 0.1) is 0 Å². The van der Waals surface area contributed by atoms with E-state index in [0.717, 1.165) is 19.3 Å². The van der Waals surface area contributed by atoms with Crippen LogP contribution in [-0.2, 0) is 20.8 Å². The standard InChI is InChI=1S/C22H25N3O3/c1-16(26)23-19-7-9-20(10-8-19)24-21(27)22(28)25-13-11-18(12-14-25)15-17-5-3-2-4-6-17/h2-10,18H,11-15H2,1H3,(H,23,26)(H,24,27). The lowest BCUT2D eigenvalue weighted by molar-refractivity contribution is -0.144. The minimum Gasteiger partial charge on any atom is -0.334 e. The third-order valence-electron chi connectivity index (χ3n) is 4.93. The number of anilines is 2. The van der Waals surface area contributed by atoms with Gasteiger partial charge in [0, 0.05) is 31.4 Å². The zero-order chi connectivity index (χ0) is 19.9. The Morgan fingerprint density at radius 2 is 1.46 bits per heavy atom. The van der Waals surface area contributed by atoms with Gasteiger partial charge in [-0.25, -0.2) is 0 Å². The Balaban J connectivity index is 1.47. The minimum atomic E-state index is -0.631. The molecule has 0 unspecified atom stereocenters. The number of nitrogens with one attached hydrogen (secondary N) is 2. The third-order valence-corrected chi connectivity index (χ3v) is 4.93. The second kappa shape index (κ2) is 9.17. The summed E-state index contributed by atoms with van der Waals surface area (Å²) in [5.74, 6) is -0.753. The fourth-order valence-corrected chi connectivity index (χ4v) is 3.46. The van der Waals surface area contributed by atoms with Crippen molar-refractivity contribution in [1.82, 2.24) is 4.90 Å². The summed E-state index contributed by atoms with van der Waals surface area (Å²) in [6.45, 7) is 2.63. The smallest absolute Gasteiger partial charge is 0.313 e. The van der Waals surface area contributed by atoms with Crippen molar-refractivity contribution in [3.05, 3.63) is 60.2 Å². The van der Waals surface area contributed by atoms with E-state index in [-0.39, 0.29) is 5.91 Å². The number of piperidine rings is 1. The van der Waals surface area contributed by atoms with E-state index >= 15 is 0 Å². The van der Waals surface area contributed by atoms with Gasteiger partial charge in [-0.2, -0.15) is 0 Å². The average Bonchev–Trinajstić information content (AvgIpc) is 2.70. The van der Waals surface area contributed by atoms with Crippen molar-refractivity contribution in [2.45, 2.75) is 26.2 Å². The van der Waals surface area contributed by atoms with Crippen molar-refractivity contribution < 1.29 is 14.4 Å². The van der Waals surface area contributed by atoms with Crippen LogP contribution in [0.5, 0.6) is 0 Å². The number of likely N-dealkylation sites (tertiary alicyclic amines) is 1. The number of hydrogen-bond acceptors (Lipinski definition) is 3. The molecule has 2 aromatic rings. The highest BCUT2D eigenvalue weighted by molar-refractivity contribution is 6.39. The molecule has 3 amide bonds. The van der Waals surface area contributed by atoms with Gasteiger partial charge in [0.15, 0.2) is 0 Å². The number of carbonyl (C=O) groups excluding carboxylic acids is 3. The van der Waals surface area contributed by atoms with Gasteiger partial charge in [0.1, 0.15) is 0 Å². The van der Waals surface area contributed by atoms with E-state index in [1.807, 2.05) is 18.2 Å². The molecule has 0 radical (unpaired) electrons. The SMILES string of the molecule is CC(=O)Nc1ccc(NC(=O)C(=O)N2CCC(Cc3ccccc3)CC2)cc1. The van der Waals surface area contributed by atoms with Gasteiger partial charge >= 0.3 is 11.8 Å². The highest BCUT2D eigenvalue weighted by Crippen LogP contribution is 2.22. The molecule has 2 aromatic carbocycles. The third kappa shape index (κ3) is 5.42. The van der Waals surface area contributed by atoms with Crippen LogP contribution in [0.15, 0.2) is 54.6 Å². The van der Waals surface area contributed by atoms with Crippen LogP contribution in [0.3, 0.4) is 0 Å². The summed E-state index contributed by atoms with van der Waals surface area (Å²) in [5, 5.41) is 5.28. The first-order chi connectivity index (χ1) is 13.5. The van der Waals surface area contributed by atoms with Crippen molar-refractivity contribution in [2.75, 3.05) is 23.7 Å². The van der Waals surface area contributed by atoms with Gasteiger partial charge in [0.2, 0.25) is 5.91 Å². The van der Waals surface area contributed by atoms with E-state index in [9.17, 15) is 14.4 Å². The van der Waals surface area contributed by atoms with Crippen molar-refractivity contribution in [3.63, 3.8) is 0 Å². The van der Waals surface area contributed by atoms with Crippen LogP contribution in [0.4, 0.5) is 11.4 Å². The zero-order valence-corrected chi connectivity index (χ0v) is 16.0. The number of hydrogen-bond donors (Lipinski definition) is 2. The Bertz CT molecular complexity index is 826. The maximum Gasteiger partial charge on any atom is 0.313 e. The molecule has 2 N–H and O–H groups in total. The number of benzene rings is 2. The predicted octanol–water partition coefficient (Wildman–Crippen LogP) is 3.06. The molecular weight excluding hydrogens is 354 g/mol. The van der Waals surface area contributed by atoms with Gasteiger partial charge in [-0.3, -0.25) is 14.4 Å². The van der Waals surface area contributed by atoms with Crippen LogP contribution in [0, 0.1) is 5.92 Å². The van der Waals surface area contributed by atoms with Crippen LogP contribution < -0.4 is 10.6 Å². The molecule has 146 valence electrons. The Hall–Kier alpha value is -3.15. The molecule has 0 spiro atoms. The van der Waals surface area contributed by atoms with Crippen LogP contribution in [0.1, 0.15) is 25.3 Å². The molecule has 6 nitrogen and oxygen atoms in total. The zero-order valence-electron chi connectivity index (χ0n) is 16.0. The molecule has 0 aromatic heterocycles. The summed E-state index contributed by atoms with van der Waals surface area (Å²) in [6, 6.07) is 17.0. The predicted molar refractivity (Wildman–Crippen MR) is 109 cm³/mol. The number of carbonyl (C=O) groups is 3. The largest absolute Gasteiger partial charge is 0.334 e. The fourth-order valence-electron chi connectivity index (χ4n) is 3.46. The van der Waals surface area contributed by atoms with Crippen molar-refractivity contribution in [1.29, 1.82) is 0 Å². The molecule has 0 atom stereocenters. The highest BCUT2D eigenvalue weighted by atomic mass is 16.2. The lowest BCUT2D eigenvalue weighted by atomic mass is 9.90. The monoisotopic (exact) mass is 379 g/mol. The number of amides is 3. The molecule has 1 saturated heterocycles. The van der Waals surface area contributed by atoms with Crippen LogP contribution in [0.25, 0.3) is 0 Å². The van der Waals surface area contributed by atoms with E-state index in [1.165, 1.54) is 12.5 Å². The Labute approximate surface area is 164 Å². The first kappa shape index (κ1) is 19.6. The average molecular weight is 379 g/mol. The van der Waals surface area contributed by atoms with E-state index in [0.29, 0.717) is 30.4 Å². The maximum atomic E-state index is 12.4. The molecule has 0 bridgehead atoms. The summed E-state index contributed by atoms with van der Waals surface area (Å²) in [6.07, 6.45) is 2.81. The van der Waals surface area contributed by atoms with Crippen LogP contribution >= 0.6 is 0 Å². The summed E-state index contributed by atoms with van der Waals surface area (Å²) in [5.41, 5.74) is 2.47. The normalized spacial score (nSPS) is 14.4. The summed E-state index contributed by atoms with van der Waals surface area (Å²) < 4.78 is 0. The van der Waals surface area contributed by atoms with Gasteiger partial charge in [-0.05, 0) is 55.0 Å². The summed E-state index contributed by atoms with van der Waals surface area (Å²) in [4.78, 5) is 37.4. The summed E-state index contributed by atoms with van der Waals surface area (Å²) >= 11 is 0. The van der Waals surface area contributed by atoms with Crippen molar-refractivity contribution >= 4 is 29.1 Å². The Morgan fingerprint density at radius 3 is 2.04 bits per heavy atom. The molecule has 0 aliphatic carbocycles. The molecule has 0 saturated carbocycles. The molecule has 1 aliphatic heterocycles. The first-order valence-corrected chi connectivity index (χ1v) is 9.53. The van der Waals surface area contributed by atoms with E-state index in [2.05, 4.69) is 22.8 Å². The lowest BCUT2D eigenvalue weighted by Gasteiger charge is -2.31. The molecule has 3 rings (SSSR count). The number of nitrogens with zero attached hydrogens (tertiary/aromatic N) is 1. The molecular formula is C22H25N3O3. The topological polar surface area (TPSA) is 78.5 Å². The summed E-state index contributed by atoms with van der Waals surface area (Å²) in [7, 11) is 0. The van der Waals surface area contributed by atoms with Gasteiger partial charge in [-0.1, -0.05) is 30.3 Å². The van der Waals surface area contributed by atoms with Gasteiger partial charge in [0.25, 0.3) is 0 Å². The Morgan fingerprint density at radius 1 is 0.893 bits per heavy atom. The maximum absolute atomic E-state index is 12.4. The Kier molecular flexibility index (Phi) is 6.42. The fraction of sp³-hybridized carbons (Fsp3) is 0.318. The molecule has 28 heavy (non-hydrogen) atoms. The molecule has 6 heteroatoms.